The zero-order valence-electron chi connectivity index (χ0n) is 17.5. The Bertz CT molecular complexity index is 1220. The molecule has 158 valence electrons. The molecule has 5 nitrogen and oxygen atoms in total. The fraction of sp³-hybridized carbons (Fsp3) is 0.292. The van der Waals surface area contributed by atoms with E-state index in [9.17, 15) is 18.8 Å². The maximum Gasteiger partial charge on any atom is 0.256 e. The highest BCUT2D eigenvalue weighted by Crippen LogP contribution is 2.27. The summed E-state index contributed by atoms with van der Waals surface area (Å²) >= 11 is 0. The number of pyridine rings is 1. The number of amides is 1. The summed E-state index contributed by atoms with van der Waals surface area (Å²) in [6, 6.07) is 11.2. The smallest absolute Gasteiger partial charge is 0.256 e. The lowest BCUT2D eigenvalue weighted by atomic mass is 10.0. The van der Waals surface area contributed by atoms with Gasteiger partial charge in [0.05, 0.1) is 16.6 Å². The number of carbonyl (C=O) groups is 1. The molecular formula is C24H22F2N4O. The Morgan fingerprint density at radius 1 is 1.06 bits per heavy atom. The van der Waals surface area contributed by atoms with Crippen molar-refractivity contribution in [2.45, 2.75) is 20.3 Å². The second-order valence-electron chi connectivity index (χ2n) is 7.88. The molecule has 3 aromatic rings. The minimum absolute atomic E-state index is 0.137. The van der Waals surface area contributed by atoms with Gasteiger partial charge in [0.2, 0.25) is 0 Å². The number of hydrogen-bond donors (Lipinski definition) is 0. The lowest BCUT2D eigenvalue weighted by Gasteiger charge is -2.24. The number of nitriles is 1. The van der Waals surface area contributed by atoms with Crippen molar-refractivity contribution in [3.8, 4) is 6.07 Å². The molecule has 1 fully saturated rings. The van der Waals surface area contributed by atoms with Crippen LogP contribution in [0.2, 0.25) is 0 Å². The fourth-order valence-electron chi connectivity index (χ4n) is 4.11. The van der Waals surface area contributed by atoms with Gasteiger partial charge in [0.15, 0.2) is 0 Å². The van der Waals surface area contributed by atoms with Crippen LogP contribution in [0.15, 0.2) is 36.4 Å². The van der Waals surface area contributed by atoms with Crippen molar-refractivity contribution in [2.24, 2.45) is 0 Å². The van der Waals surface area contributed by atoms with Crippen molar-refractivity contribution in [1.29, 1.82) is 5.26 Å². The molecule has 4 rings (SSSR count). The van der Waals surface area contributed by atoms with Gasteiger partial charge in [0.25, 0.3) is 5.91 Å². The standard InChI is InChI=1S/C24H22F2N4O/c1-15-10-16(2)20-12-17(14-27)23(28-22(20)11-15)29-6-3-7-30(9-8-29)24(31)19-5-4-18(25)13-21(19)26/h4-5,10-13H,3,6-9H2,1-2H3. The highest BCUT2D eigenvalue weighted by molar-refractivity contribution is 5.94. The van der Waals surface area contributed by atoms with Crippen LogP contribution in [0.25, 0.3) is 10.9 Å². The number of fused-ring (bicyclic) bond motifs is 1. The molecule has 0 aliphatic carbocycles. The third-order valence-electron chi connectivity index (χ3n) is 5.63. The van der Waals surface area contributed by atoms with E-state index in [0.717, 1.165) is 34.2 Å². The second-order valence-corrected chi connectivity index (χ2v) is 7.88. The maximum atomic E-state index is 14.1. The van der Waals surface area contributed by atoms with Crippen LogP contribution >= 0.6 is 0 Å². The number of halogens is 2. The zero-order chi connectivity index (χ0) is 22.1. The molecule has 31 heavy (non-hydrogen) atoms. The summed E-state index contributed by atoms with van der Waals surface area (Å²) < 4.78 is 27.3. The van der Waals surface area contributed by atoms with Crippen molar-refractivity contribution in [3.63, 3.8) is 0 Å². The third-order valence-corrected chi connectivity index (χ3v) is 5.63. The number of aryl methyl sites for hydroxylation is 2. The van der Waals surface area contributed by atoms with E-state index in [4.69, 9.17) is 4.98 Å². The van der Waals surface area contributed by atoms with Gasteiger partial charge in [0, 0.05) is 37.6 Å². The number of rotatable bonds is 2. The Balaban J connectivity index is 1.61. The molecule has 0 atom stereocenters. The SMILES string of the molecule is Cc1cc(C)c2cc(C#N)c(N3CCCN(C(=O)c4ccc(F)cc4F)CC3)nc2c1. The second kappa shape index (κ2) is 8.31. The summed E-state index contributed by atoms with van der Waals surface area (Å²) in [6.07, 6.45) is 0.645. The van der Waals surface area contributed by atoms with Gasteiger partial charge in [-0.3, -0.25) is 4.79 Å². The van der Waals surface area contributed by atoms with Crippen LogP contribution in [0.4, 0.5) is 14.6 Å². The molecule has 0 unspecified atom stereocenters. The van der Waals surface area contributed by atoms with Crippen LogP contribution in [-0.2, 0) is 0 Å². The van der Waals surface area contributed by atoms with Gasteiger partial charge < -0.3 is 9.80 Å². The van der Waals surface area contributed by atoms with Crippen molar-refractivity contribution in [3.05, 3.63) is 70.3 Å². The van der Waals surface area contributed by atoms with Crippen molar-refractivity contribution in [2.75, 3.05) is 31.1 Å². The molecule has 0 radical (unpaired) electrons. The van der Waals surface area contributed by atoms with E-state index in [1.807, 2.05) is 30.9 Å². The van der Waals surface area contributed by atoms with Crippen molar-refractivity contribution in [1.82, 2.24) is 9.88 Å². The first-order valence-electron chi connectivity index (χ1n) is 10.2. The average molecular weight is 420 g/mol. The first-order valence-corrected chi connectivity index (χ1v) is 10.2. The van der Waals surface area contributed by atoms with Crippen molar-refractivity contribution >= 4 is 22.6 Å². The quantitative estimate of drug-likeness (QED) is 0.618. The molecule has 0 N–H and O–H groups in total. The van der Waals surface area contributed by atoms with E-state index in [1.165, 1.54) is 6.07 Å². The average Bonchev–Trinajstić information content (AvgIpc) is 2.98. The van der Waals surface area contributed by atoms with Gasteiger partial charge in [-0.25, -0.2) is 13.8 Å². The van der Waals surface area contributed by atoms with Gasteiger partial charge in [-0.15, -0.1) is 0 Å². The number of anilines is 1. The largest absolute Gasteiger partial charge is 0.354 e. The van der Waals surface area contributed by atoms with Crippen molar-refractivity contribution < 1.29 is 13.6 Å². The van der Waals surface area contributed by atoms with E-state index < -0.39 is 17.5 Å². The van der Waals surface area contributed by atoms with Gasteiger partial charge in [-0.2, -0.15) is 5.26 Å². The van der Waals surface area contributed by atoms with Gasteiger partial charge >= 0.3 is 0 Å². The Morgan fingerprint density at radius 3 is 2.61 bits per heavy atom. The monoisotopic (exact) mass is 420 g/mol. The summed E-state index contributed by atoms with van der Waals surface area (Å²) in [4.78, 5) is 21.1. The molecule has 0 bridgehead atoms. The summed E-state index contributed by atoms with van der Waals surface area (Å²) in [5.41, 5.74) is 3.35. The van der Waals surface area contributed by atoms with Crippen LogP contribution < -0.4 is 4.90 Å². The normalized spacial score (nSPS) is 14.4. The first kappa shape index (κ1) is 20.7. The summed E-state index contributed by atoms with van der Waals surface area (Å²) in [7, 11) is 0. The summed E-state index contributed by atoms with van der Waals surface area (Å²) in [6.45, 7) is 5.89. The van der Waals surface area contributed by atoms with E-state index >= 15 is 0 Å². The minimum Gasteiger partial charge on any atom is -0.354 e. The molecule has 1 aliphatic heterocycles. The molecule has 0 saturated carbocycles. The molecule has 7 heteroatoms. The highest BCUT2D eigenvalue weighted by atomic mass is 19.1. The van der Waals surface area contributed by atoms with Gasteiger partial charge in [0.1, 0.15) is 23.5 Å². The molecular weight excluding hydrogens is 398 g/mol. The summed E-state index contributed by atoms with van der Waals surface area (Å²) in [5.74, 6) is -1.44. The lowest BCUT2D eigenvalue weighted by molar-refractivity contribution is 0.0762. The van der Waals surface area contributed by atoms with E-state index in [0.29, 0.717) is 44.0 Å². The topological polar surface area (TPSA) is 60.2 Å². The number of benzene rings is 2. The Kier molecular flexibility index (Phi) is 5.55. The van der Waals surface area contributed by atoms with Crippen LogP contribution in [0.1, 0.15) is 33.5 Å². The maximum absolute atomic E-state index is 14.1. The third kappa shape index (κ3) is 4.06. The van der Waals surface area contributed by atoms with E-state index in [-0.39, 0.29) is 5.56 Å². The highest BCUT2D eigenvalue weighted by Gasteiger charge is 2.24. The number of hydrogen-bond acceptors (Lipinski definition) is 4. The number of nitrogens with zero attached hydrogens (tertiary/aromatic N) is 4. The Labute approximate surface area is 179 Å². The fourth-order valence-corrected chi connectivity index (χ4v) is 4.11. The lowest BCUT2D eigenvalue weighted by Crippen LogP contribution is -2.36. The molecule has 1 amide bonds. The van der Waals surface area contributed by atoms with Crippen LogP contribution in [0.3, 0.4) is 0 Å². The predicted molar refractivity (Wildman–Crippen MR) is 115 cm³/mol. The Hall–Kier alpha value is -3.53. The minimum atomic E-state index is -0.861. The molecule has 1 aromatic heterocycles. The molecule has 0 spiro atoms. The van der Waals surface area contributed by atoms with Crippen LogP contribution in [0, 0.1) is 36.8 Å². The van der Waals surface area contributed by atoms with Crippen LogP contribution in [0.5, 0.6) is 0 Å². The van der Waals surface area contributed by atoms with Gasteiger partial charge in [-0.05, 0) is 55.7 Å². The van der Waals surface area contributed by atoms with E-state index in [2.05, 4.69) is 12.1 Å². The Morgan fingerprint density at radius 2 is 1.87 bits per heavy atom. The molecule has 1 saturated heterocycles. The number of carbonyl (C=O) groups excluding carboxylic acids is 1. The first-order chi connectivity index (χ1) is 14.9. The zero-order valence-corrected chi connectivity index (χ0v) is 17.5. The molecule has 2 aromatic carbocycles. The van der Waals surface area contributed by atoms with Crippen LogP contribution in [-0.4, -0.2) is 42.0 Å². The van der Waals surface area contributed by atoms with Gasteiger partial charge in [-0.1, -0.05) is 6.07 Å². The molecule has 1 aliphatic rings. The molecule has 2 heterocycles. The summed E-state index contributed by atoms with van der Waals surface area (Å²) in [5, 5.41) is 10.7. The van der Waals surface area contributed by atoms with E-state index in [1.54, 1.807) is 4.90 Å². The predicted octanol–water partition coefficient (Wildman–Crippen LogP) is 4.35. The number of aromatic nitrogens is 1.